The normalized spacial score (nSPS) is 16.7. The molecule has 1 unspecified atom stereocenters. The van der Waals surface area contributed by atoms with E-state index in [0.29, 0.717) is 48.0 Å². The molecule has 8 heteroatoms. The fourth-order valence-electron chi connectivity index (χ4n) is 4.54. The Morgan fingerprint density at radius 2 is 2.03 bits per heavy atom. The van der Waals surface area contributed by atoms with Crippen molar-refractivity contribution < 1.29 is 23.5 Å². The topological polar surface area (TPSA) is 68.7 Å². The van der Waals surface area contributed by atoms with Gasteiger partial charge in [0.15, 0.2) is 6.10 Å². The Bertz CT molecular complexity index is 1240. The summed E-state index contributed by atoms with van der Waals surface area (Å²) < 4.78 is 24.5. The molecule has 1 aliphatic rings. The number of fused-ring (bicyclic) bond motifs is 1. The predicted octanol–water partition coefficient (Wildman–Crippen LogP) is 5.65. The summed E-state index contributed by atoms with van der Waals surface area (Å²) in [5, 5.41) is 1.16. The fourth-order valence-corrected chi connectivity index (χ4v) is 4.81. The molecule has 0 aliphatic carbocycles. The van der Waals surface area contributed by atoms with Crippen LogP contribution in [0.25, 0.3) is 22.0 Å². The summed E-state index contributed by atoms with van der Waals surface area (Å²) in [4.78, 5) is 31.1. The molecule has 184 valence electrons. The average Bonchev–Trinajstić information content (AvgIpc) is 2.83. The second-order valence-electron chi connectivity index (χ2n) is 8.72. The van der Waals surface area contributed by atoms with E-state index in [9.17, 15) is 14.0 Å². The van der Waals surface area contributed by atoms with Gasteiger partial charge in [-0.2, -0.15) is 0 Å². The van der Waals surface area contributed by atoms with Gasteiger partial charge < -0.3 is 14.4 Å². The SMILES string of the molecule is CCOC(=O)C[C@@H]1CCCN(C(=O)C(C)Oc2ccc3c(-c4ccc(F)cc4Cl)ccnc3c2)C1. The van der Waals surface area contributed by atoms with Crippen molar-refractivity contribution in [2.24, 2.45) is 5.92 Å². The Hall–Kier alpha value is -3.19. The van der Waals surface area contributed by atoms with Crippen LogP contribution in [0.2, 0.25) is 5.02 Å². The van der Waals surface area contributed by atoms with E-state index < -0.39 is 11.9 Å². The minimum Gasteiger partial charge on any atom is -0.481 e. The third-order valence-electron chi connectivity index (χ3n) is 6.19. The Morgan fingerprint density at radius 3 is 2.80 bits per heavy atom. The number of esters is 1. The molecule has 1 aromatic heterocycles. The van der Waals surface area contributed by atoms with Gasteiger partial charge in [-0.1, -0.05) is 11.6 Å². The van der Waals surface area contributed by atoms with Crippen molar-refractivity contribution in [1.82, 2.24) is 9.88 Å². The summed E-state index contributed by atoms with van der Waals surface area (Å²) in [5.74, 6) is -0.110. The fraction of sp³-hybridized carbons (Fsp3) is 0.370. The molecule has 6 nitrogen and oxygen atoms in total. The zero-order valence-corrected chi connectivity index (χ0v) is 20.6. The van der Waals surface area contributed by atoms with Gasteiger partial charge in [0.05, 0.1) is 23.6 Å². The van der Waals surface area contributed by atoms with Gasteiger partial charge in [0.2, 0.25) is 0 Å². The number of benzene rings is 2. The number of hydrogen-bond acceptors (Lipinski definition) is 5. The first-order valence-electron chi connectivity index (χ1n) is 11.8. The molecular weight excluding hydrogens is 471 g/mol. The van der Waals surface area contributed by atoms with Crippen LogP contribution < -0.4 is 4.74 Å². The molecule has 0 spiro atoms. The quantitative estimate of drug-likeness (QED) is 0.393. The molecule has 3 aromatic rings. The molecule has 0 saturated carbocycles. The third-order valence-corrected chi connectivity index (χ3v) is 6.50. The van der Waals surface area contributed by atoms with Gasteiger partial charge >= 0.3 is 5.97 Å². The van der Waals surface area contributed by atoms with Crippen LogP contribution in [0, 0.1) is 11.7 Å². The molecule has 0 bridgehead atoms. The van der Waals surface area contributed by atoms with Gasteiger partial charge in [0.1, 0.15) is 11.6 Å². The Kier molecular flexibility index (Phi) is 7.86. The minimum absolute atomic E-state index is 0.0977. The molecule has 35 heavy (non-hydrogen) atoms. The van der Waals surface area contributed by atoms with E-state index in [1.54, 1.807) is 43.1 Å². The number of carbonyl (C=O) groups excluding carboxylic acids is 2. The molecule has 2 heterocycles. The van der Waals surface area contributed by atoms with Crippen LogP contribution in [0.5, 0.6) is 5.75 Å². The number of hydrogen-bond donors (Lipinski definition) is 0. The lowest BCUT2D eigenvalue weighted by atomic mass is 9.94. The lowest BCUT2D eigenvalue weighted by Gasteiger charge is -2.34. The van der Waals surface area contributed by atoms with Crippen molar-refractivity contribution in [1.29, 1.82) is 0 Å². The summed E-state index contributed by atoms with van der Waals surface area (Å²) in [6, 6.07) is 11.6. The van der Waals surface area contributed by atoms with E-state index in [1.807, 2.05) is 12.1 Å². The number of nitrogens with zero attached hydrogens (tertiary/aromatic N) is 2. The molecule has 0 radical (unpaired) electrons. The Balaban J connectivity index is 1.46. The highest BCUT2D eigenvalue weighted by Crippen LogP contribution is 2.34. The summed E-state index contributed by atoms with van der Waals surface area (Å²) in [5.41, 5.74) is 2.21. The van der Waals surface area contributed by atoms with Gasteiger partial charge in [0, 0.05) is 36.3 Å². The third kappa shape index (κ3) is 5.90. The largest absolute Gasteiger partial charge is 0.481 e. The first-order chi connectivity index (χ1) is 16.9. The maximum Gasteiger partial charge on any atom is 0.306 e. The van der Waals surface area contributed by atoms with Gasteiger partial charge in [-0.15, -0.1) is 0 Å². The number of pyridine rings is 1. The average molecular weight is 499 g/mol. The second kappa shape index (κ2) is 11.0. The smallest absolute Gasteiger partial charge is 0.306 e. The van der Waals surface area contributed by atoms with Crippen LogP contribution in [0.15, 0.2) is 48.7 Å². The number of aromatic nitrogens is 1. The summed E-state index contributed by atoms with van der Waals surface area (Å²) in [6.07, 6.45) is 3.03. The van der Waals surface area contributed by atoms with E-state index in [-0.39, 0.29) is 17.8 Å². The lowest BCUT2D eigenvalue weighted by Crippen LogP contribution is -2.46. The van der Waals surface area contributed by atoms with Crippen LogP contribution in [-0.2, 0) is 14.3 Å². The Morgan fingerprint density at radius 1 is 1.20 bits per heavy atom. The van der Waals surface area contributed by atoms with Crippen molar-refractivity contribution in [2.45, 2.75) is 39.2 Å². The van der Waals surface area contributed by atoms with Crippen molar-refractivity contribution in [3.8, 4) is 16.9 Å². The van der Waals surface area contributed by atoms with E-state index in [1.165, 1.54) is 12.1 Å². The predicted molar refractivity (Wildman–Crippen MR) is 133 cm³/mol. The highest BCUT2D eigenvalue weighted by atomic mass is 35.5. The van der Waals surface area contributed by atoms with Crippen molar-refractivity contribution in [2.75, 3.05) is 19.7 Å². The van der Waals surface area contributed by atoms with Gasteiger partial charge in [-0.05, 0) is 74.6 Å². The van der Waals surface area contributed by atoms with Crippen LogP contribution >= 0.6 is 11.6 Å². The molecule has 4 rings (SSSR count). The minimum atomic E-state index is -0.691. The molecule has 2 aromatic carbocycles. The lowest BCUT2D eigenvalue weighted by molar-refractivity contribution is -0.147. The van der Waals surface area contributed by atoms with Gasteiger partial charge in [0.25, 0.3) is 5.91 Å². The van der Waals surface area contributed by atoms with Crippen LogP contribution in [0.1, 0.15) is 33.1 Å². The van der Waals surface area contributed by atoms with Crippen LogP contribution in [0.3, 0.4) is 0 Å². The number of amides is 1. The number of piperidine rings is 1. The molecule has 1 saturated heterocycles. The molecule has 1 fully saturated rings. The zero-order chi connectivity index (χ0) is 24.9. The van der Waals surface area contributed by atoms with E-state index in [4.69, 9.17) is 21.1 Å². The maximum absolute atomic E-state index is 13.5. The summed E-state index contributed by atoms with van der Waals surface area (Å²) in [6.45, 7) is 5.04. The highest BCUT2D eigenvalue weighted by Gasteiger charge is 2.29. The first-order valence-corrected chi connectivity index (χ1v) is 12.2. The maximum atomic E-state index is 13.5. The van der Waals surface area contributed by atoms with E-state index in [2.05, 4.69) is 4.98 Å². The number of halogens is 2. The van der Waals surface area contributed by atoms with Crippen LogP contribution in [-0.4, -0.2) is 47.6 Å². The van der Waals surface area contributed by atoms with Gasteiger partial charge in [-0.3, -0.25) is 14.6 Å². The summed E-state index contributed by atoms with van der Waals surface area (Å²) in [7, 11) is 0. The number of rotatable bonds is 7. The second-order valence-corrected chi connectivity index (χ2v) is 9.13. The molecule has 0 N–H and O–H groups in total. The number of likely N-dealkylation sites (tertiary alicyclic amines) is 1. The van der Waals surface area contributed by atoms with Crippen molar-refractivity contribution in [3.05, 3.63) is 59.5 Å². The highest BCUT2D eigenvalue weighted by molar-refractivity contribution is 6.33. The van der Waals surface area contributed by atoms with Crippen LogP contribution in [0.4, 0.5) is 4.39 Å². The van der Waals surface area contributed by atoms with Crippen molar-refractivity contribution in [3.63, 3.8) is 0 Å². The monoisotopic (exact) mass is 498 g/mol. The van der Waals surface area contributed by atoms with E-state index >= 15 is 0 Å². The first kappa shape index (κ1) is 24.9. The molecule has 2 atom stereocenters. The summed E-state index contributed by atoms with van der Waals surface area (Å²) >= 11 is 6.27. The van der Waals surface area contributed by atoms with E-state index in [0.717, 1.165) is 23.8 Å². The Labute approximate surface area is 209 Å². The molecule has 1 amide bonds. The molecule has 1 aliphatic heterocycles. The number of carbonyl (C=O) groups is 2. The standard InChI is InChI=1S/C27H28ClFN2O4/c1-3-34-26(32)13-18-5-4-12-31(16-18)27(33)17(2)35-20-7-9-23-21(10-11-30-25(23)15-20)22-8-6-19(29)14-24(22)28/h6-11,14-15,17-18H,3-5,12-13,16H2,1-2H3/t17?,18-/m0/s1. The number of ether oxygens (including phenoxy) is 2. The van der Waals surface area contributed by atoms with Crippen molar-refractivity contribution >= 4 is 34.4 Å². The molecular formula is C27H28ClFN2O4. The zero-order valence-electron chi connectivity index (χ0n) is 19.8. The van der Waals surface area contributed by atoms with Gasteiger partial charge in [-0.25, -0.2) is 4.39 Å².